The Morgan fingerprint density at radius 1 is 0.560 bits per heavy atom. The summed E-state index contributed by atoms with van der Waals surface area (Å²) in [6.45, 7) is 1.34. The van der Waals surface area contributed by atoms with E-state index in [1.165, 1.54) is 32.7 Å². The van der Waals surface area contributed by atoms with E-state index in [1.807, 2.05) is 0 Å². The smallest absolute Gasteiger partial charge is 0.405 e. The first-order valence-electron chi connectivity index (χ1n) is 8.63. The predicted octanol–water partition coefficient (Wildman–Crippen LogP) is 4.40. The van der Waals surface area contributed by atoms with Gasteiger partial charge in [0.15, 0.2) is 0 Å². The molecule has 0 amide bonds. The molecule has 3 heteroatoms. The van der Waals surface area contributed by atoms with E-state index < -0.39 is 0 Å². The van der Waals surface area contributed by atoms with Crippen LogP contribution in [0.15, 0.2) is 78.9 Å². The van der Waals surface area contributed by atoms with Gasteiger partial charge in [-0.1, -0.05) is 66.7 Å². The Morgan fingerprint density at radius 2 is 1.12 bits per heavy atom. The van der Waals surface area contributed by atoms with Gasteiger partial charge in [0.25, 0.3) is 0 Å². The van der Waals surface area contributed by atoms with Crippen LogP contribution in [0, 0.1) is 0 Å². The Bertz CT molecular complexity index is 1070. The molecule has 0 N–H and O–H groups in total. The Hall–Kier alpha value is -2.62. The van der Waals surface area contributed by atoms with E-state index in [-0.39, 0.29) is 7.12 Å². The number of rotatable bonds is 2. The molecule has 0 atom stereocenters. The summed E-state index contributed by atoms with van der Waals surface area (Å²) in [4.78, 5) is 0. The van der Waals surface area contributed by atoms with Crippen molar-refractivity contribution in [3.8, 4) is 11.1 Å². The average molecular weight is 324 g/mol. The topological polar surface area (TPSA) is 18.5 Å². The fourth-order valence-corrected chi connectivity index (χ4v) is 3.51. The first-order chi connectivity index (χ1) is 12.4. The summed E-state index contributed by atoms with van der Waals surface area (Å²) >= 11 is 0. The zero-order valence-electron chi connectivity index (χ0n) is 13.8. The molecule has 1 aliphatic rings. The first kappa shape index (κ1) is 14.7. The fourth-order valence-electron chi connectivity index (χ4n) is 3.51. The van der Waals surface area contributed by atoms with E-state index in [9.17, 15) is 0 Å². The molecule has 0 bridgehead atoms. The largest absolute Gasteiger partial charge is 0.494 e. The lowest BCUT2D eigenvalue weighted by atomic mass is 9.78. The molecule has 2 nitrogen and oxygen atoms in total. The molecule has 1 fully saturated rings. The second-order valence-corrected chi connectivity index (χ2v) is 6.46. The van der Waals surface area contributed by atoms with Crippen LogP contribution in [0.3, 0.4) is 0 Å². The summed E-state index contributed by atoms with van der Waals surface area (Å²) in [5, 5.41) is 4.98. The first-order valence-corrected chi connectivity index (χ1v) is 8.63. The van der Waals surface area contributed by atoms with Gasteiger partial charge in [-0.15, -0.1) is 0 Å². The van der Waals surface area contributed by atoms with Gasteiger partial charge >= 0.3 is 7.12 Å². The zero-order chi connectivity index (χ0) is 16.6. The monoisotopic (exact) mass is 324 g/mol. The van der Waals surface area contributed by atoms with E-state index in [0.29, 0.717) is 13.2 Å². The van der Waals surface area contributed by atoms with Crippen LogP contribution in [0.25, 0.3) is 32.7 Å². The molecular weight excluding hydrogens is 307 g/mol. The highest BCUT2D eigenvalue weighted by atomic mass is 16.6. The molecule has 4 aromatic carbocycles. The van der Waals surface area contributed by atoms with Crippen molar-refractivity contribution < 1.29 is 9.31 Å². The summed E-state index contributed by atoms with van der Waals surface area (Å²) in [6, 6.07) is 28.1. The number of benzene rings is 4. The lowest BCUT2D eigenvalue weighted by Crippen LogP contribution is -2.31. The van der Waals surface area contributed by atoms with Gasteiger partial charge in [-0.25, -0.2) is 0 Å². The maximum atomic E-state index is 5.60. The van der Waals surface area contributed by atoms with E-state index in [1.54, 1.807) is 0 Å². The summed E-state index contributed by atoms with van der Waals surface area (Å²) in [6.07, 6.45) is 0. The Balaban J connectivity index is 1.55. The van der Waals surface area contributed by atoms with Gasteiger partial charge in [0.1, 0.15) is 0 Å². The standard InChI is InChI=1S/C22H17BO2/c1-2-4-17-13-18(6-5-16(17)3-1)19-7-8-21-15-22(10-9-20(21)14-19)23-24-11-12-25-23/h1-10,13-15H,11-12H2. The fraction of sp³-hybridized carbons (Fsp3) is 0.0909. The Morgan fingerprint density at radius 3 is 1.88 bits per heavy atom. The van der Waals surface area contributed by atoms with Gasteiger partial charge in [0, 0.05) is 0 Å². The number of hydrogen-bond acceptors (Lipinski definition) is 2. The molecule has 1 aliphatic heterocycles. The highest BCUT2D eigenvalue weighted by Crippen LogP contribution is 2.27. The van der Waals surface area contributed by atoms with Crippen molar-refractivity contribution in [1.82, 2.24) is 0 Å². The molecule has 0 unspecified atom stereocenters. The van der Waals surface area contributed by atoms with Crippen molar-refractivity contribution in [3.63, 3.8) is 0 Å². The molecule has 0 radical (unpaired) electrons. The minimum atomic E-state index is -0.218. The SMILES string of the molecule is c1ccc2cc(-c3ccc4cc(B5OCCO5)ccc4c3)ccc2c1. The average Bonchev–Trinajstić information content (AvgIpc) is 3.21. The second-order valence-electron chi connectivity index (χ2n) is 6.46. The predicted molar refractivity (Wildman–Crippen MR) is 104 cm³/mol. The lowest BCUT2D eigenvalue weighted by molar-refractivity contribution is 0.365. The third kappa shape index (κ3) is 2.72. The molecule has 5 rings (SSSR count). The van der Waals surface area contributed by atoms with Crippen LogP contribution >= 0.6 is 0 Å². The van der Waals surface area contributed by atoms with Gasteiger partial charge < -0.3 is 9.31 Å². The van der Waals surface area contributed by atoms with Crippen molar-refractivity contribution in [1.29, 1.82) is 0 Å². The van der Waals surface area contributed by atoms with E-state index in [2.05, 4.69) is 78.9 Å². The van der Waals surface area contributed by atoms with Crippen LogP contribution < -0.4 is 5.46 Å². The van der Waals surface area contributed by atoms with E-state index in [0.717, 1.165) is 5.46 Å². The number of fused-ring (bicyclic) bond motifs is 2. The second kappa shape index (κ2) is 6.03. The molecule has 4 aromatic rings. The van der Waals surface area contributed by atoms with Crippen molar-refractivity contribution >= 4 is 34.1 Å². The maximum Gasteiger partial charge on any atom is 0.494 e. The van der Waals surface area contributed by atoms with Crippen molar-refractivity contribution in [2.75, 3.05) is 13.2 Å². The minimum Gasteiger partial charge on any atom is -0.405 e. The molecule has 0 spiro atoms. The van der Waals surface area contributed by atoms with Crippen LogP contribution in [0.5, 0.6) is 0 Å². The summed E-state index contributed by atoms with van der Waals surface area (Å²) in [5.74, 6) is 0. The maximum absolute atomic E-state index is 5.60. The highest BCUT2D eigenvalue weighted by molar-refractivity contribution is 6.62. The summed E-state index contributed by atoms with van der Waals surface area (Å²) < 4.78 is 11.2. The molecule has 120 valence electrons. The van der Waals surface area contributed by atoms with Gasteiger partial charge in [0.05, 0.1) is 13.2 Å². The van der Waals surface area contributed by atoms with Gasteiger partial charge in [0.2, 0.25) is 0 Å². The van der Waals surface area contributed by atoms with Crippen LogP contribution in [0.2, 0.25) is 0 Å². The highest BCUT2D eigenvalue weighted by Gasteiger charge is 2.26. The van der Waals surface area contributed by atoms with Crippen LogP contribution in [0.1, 0.15) is 0 Å². The van der Waals surface area contributed by atoms with Crippen molar-refractivity contribution in [2.45, 2.75) is 0 Å². The quantitative estimate of drug-likeness (QED) is 0.509. The number of hydrogen-bond donors (Lipinski definition) is 0. The van der Waals surface area contributed by atoms with E-state index in [4.69, 9.17) is 9.31 Å². The minimum absolute atomic E-state index is 0.218. The van der Waals surface area contributed by atoms with Gasteiger partial charge in [-0.2, -0.15) is 0 Å². The third-order valence-corrected chi connectivity index (χ3v) is 4.84. The Kier molecular flexibility index (Phi) is 3.55. The molecule has 0 saturated carbocycles. The molecule has 0 aliphatic carbocycles. The lowest BCUT2D eigenvalue weighted by Gasteiger charge is -2.09. The molecule has 25 heavy (non-hydrogen) atoms. The molecule has 1 saturated heterocycles. The van der Waals surface area contributed by atoms with Gasteiger partial charge in [-0.05, 0) is 50.3 Å². The zero-order valence-corrected chi connectivity index (χ0v) is 13.8. The van der Waals surface area contributed by atoms with Crippen LogP contribution in [-0.4, -0.2) is 20.3 Å². The van der Waals surface area contributed by atoms with Crippen LogP contribution in [0.4, 0.5) is 0 Å². The van der Waals surface area contributed by atoms with Crippen molar-refractivity contribution in [3.05, 3.63) is 78.9 Å². The van der Waals surface area contributed by atoms with Crippen molar-refractivity contribution in [2.24, 2.45) is 0 Å². The van der Waals surface area contributed by atoms with E-state index >= 15 is 0 Å². The third-order valence-electron chi connectivity index (χ3n) is 4.84. The summed E-state index contributed by atoms with van der Waals surface area (Å²) in [7, 11) is -0.218. The molecule has 0 aromatic heterocycles. The van der Waals surface area contributed by atoms with Crippen LogP contribution in [-0.2, 0) is 9.31 Å². The molecular formula is C22H17BO2. The summed E-state index contributed by atoms with van der Waals surface area (Å²) in [5.41, 5.74) is 3.56. The van der Waals surface area contributed by atoms with Gasteiger partial charge in [-0.3, -0.25) is 0 Å². The normalized spacial score (nSPS) is 14.5. The Labute approximate surface area is 147 Å². The molecule has 1 heterocycles.